The average Bonchev–Trinajstić information content (AvgIpc) is 3.14. The van der Waals surface area contributed by atoms with E-state index >= 15 is 0 Å². The Labute approximate surface area is 325 Å². The topological polar surface area (TPSA) is 383 Å². The molecule has 4 aliphatic heterocycles. The lowest BCUT2D eigenvalue weighted by Crippen LogP contribution is -2.71. The maximum Gasteiger partial charge on any atom is 0.217 e. The van der Waals surface area contributed by atoms with Gasteiger partial charge in [-0.1, -0.05) is 0 Å². The lowest BCUT2D eigenvalue weighted by molar-refractivity contribution is -0.362. The lowest BCUT2D eigenvalue weighted by atomic mass is 9.93. The van der Waals surface area contributed by atoms with Crippen LogP contribution in [0.15, 0.2) is 0 Å². The highest BCUT2D eigenvalue weighted by atomic mass is 16.8. The first-order valence-electron chi connectivity index (χ1n) is 18.1. The fourth-order valence-corrected chi connectivity index (χ4v) is 7.17. The Hall–Kier alpha value is -2.80. The monoisotopic (exact) mass is 830 g/mol. The van der Waals surface area contributed by atoms with E-state index in [1.165, 1.54) is 0 Å². The minimum atomic E-state index is -1.89. The Morgan fingerprint density at radius 1 is 0.421 bits per heavy atom. The van der Waals surface area contributed by atoms with Gasteiger partial charge in [0.15, 0.2) is 25.2 Å². The van der Waals surface area contributed by atoms with Crippen LogP contribution in [-0.4, -0.2) is 224 Å². The molecule has 328 valence electrons. The minimum Gasteiger partial charge on any atom is -0.394 e. The van der Waals surface area contributed by atoms with E-state index in [9.17, 15) is 70.2 Å². The summed E-state index contributed by atoms with van der Waals surface area (Å²) < 4.78 is 40.6. The van der Waals surface area contributed by atoms with Crippen LogP contribution in [-0.2, 0) is 52.3 Å². The number of rotatable bonds is 14. The molecule has 25 nitrogen and oxygen atoms in total. The van der Waals surface area contributed by atoms with Crippen LogP contribution >= 0.6 is 0 Å². The molecule has 25 heteroatoms. The van der Waals surface area contributed by atoms with Gasteiger partial charge in [-0.3, -0.25) is 19.2 Å². The minimum absolute atomic E-state index is 0.664. The molecule has 0 aromatic carbocycles. The van der Waals surface area contributed by atoms with Gasteiger partial charge < -0.3 is 105 Å². The van der Waals surface area contributed by atoms with Crippen molar-refractivity contribution in [2.45, 2.75) is 150 Å². The molecule has 14 N–H and O–H groups in total. The Balaban J connectivity index is 1.61. The van der Waals surface area contributed by atoms with Crippen molar-refractivity contribution >= 4 is 23.6 Å². The first-order valence-corrected chi connectivity index (χ1v) is 18.1. The quantitative estimate of drug-likeness (QED) is 0.0773. The summed E-state index contributed by atoms with van der Waals surface area (Å²) in [6, 6.07) is -6.15. The maximum atomic E-state index is 12.4. The van der Waals surface area contributed by atoms with E-state index in [2.05, 4.69) is 21.3 Å². The van der Waals surface area contributed by atoms with E-state index < -0.39 is 173 Å². The Morgan fingerprint density at radius 2 is 0.702 bits per heavy atom. The summed E-state index contributed by atoms with van der Waals surface area (Å²) in [6.45, 7) is 0.884. The molecule has 0 aromatic heterocycles. The van der Waals surface area contributed by atoms with Crippen molar-refractivity contribution in [3.63, 3.8) is 0 Å². The largest absolute Gasteiger partial charge is 0.394 e. The third kappa shape index (κ3) is 10.9. The van der Waals surface area contributed by atoms with Crippen LogP contribution in [0.4, 0.5) is 0 Å². The van der Waals surface area contributed by atoms with E-state index in [0.717, 1.165) is 27.7 Å². The van der Waals surface area contributed by atoms with Crippen LogP contribution in [0.25, 0.3) is 0 Å². The van der Waals surface area contributed by atoms with Gasteiger partial charge in [0.1, 0.15) is 97.4 Å². The predicted molar refractivity (Wildman–Crippen MR) is 180 cm³/mol. The van der Waals surface area contributed by atoms with Gasteiger partial charge in [0, 0.05) is 27.7 Å². The first kappa shape index (κ1) is 46.9. The molecule has 4 saturated heterocycles. The lowest BCUT2D eigenvalue weighted by Gasteiger charge is -2.51. The SMILES string of the molecule is CC(=O)N[C@H]1C(O)O[C@H](CO)[C@@H](O[C@H]2O[C@H](CO)[C@@H](O[C@@H]3O[C@H](CO)[C@@H](O[C@H]4O[C@H](CO)[C@@H](O)[C@H](O)[C@H]4NC(C)=O)C(O)[C@H]3NC(C)=O)[C@H](O)[C@H]2NC(C)=O)C1O. The molecule has 3 unspecified atom stereocenters. The molecule has 57 heavy (non-hydrogen) atoms. The van der Waals surface area contributed by atoms with Crippen LogP contribution in [0.2, 0.25) is 0 Å². The van der Waals surface area contributed by atoms with Crippen LogP contribution in [0, 0.1) is 0 Å². The van der Waals surface area contributed by atoms with Gasteiger partial charge in [-0.15, -0.1) is 0 Å². The summed E-state index contributed by atoms with van der Waals surface area (Å²) in [5, 5.41) is 116. The Morgan fingerprint density at radius 3 is 1.04 bits per heavy atom. The van der Waals surface area contributed by atoms with Gasteiger partial charge in [0.25, 0.3) is 0 Å². The van der Waals surface area contributed by atoms with E-state index in [4.69, 9.17) is 33.2 Å². The number of hydrogen-bond acceptors (Lipinski definition) is 21. The molecule has 0 aliphatic carbocycles. The van der Waals surface area contributed by atoms with E-state index in [1.807, 2.05) is 0 Å². The summed E-state index contributed by atoms with van der Waals surface area (Å²) in [5.41, 5.74) is 0. The zero-order chi connectivity index (χ0) is 42.5. The van der Waals surface area contributed by atoms with Gasteiger partial charge in [0.05, 0.1) is 26.4 Å². The molecule has 4 fully saturated rings. The van der Waals surface area contributed by atoms with Crippen LogP contribution < -0.4 is 21.3 Å². The van der Waals surface area contributed by atoms with Crippen LogP contribution in [0.5, 0.6) is 0 Å². The van der Waals surface area contributed by atoms with Crippen molar-refractivity contribution in [1.82, 2.24) is 21.3 Å². The van der Waals surface area contributed by atoms with Crippen molar-refractivity contribution in [3.05, 3.63) is 0 Å². The summed E-state index contributed by atoms with van der Waals surface area (Å²) in [7, 11) is 0. The van der Waals surface area contributed by atoms with Gasteiger partial charge in [-0.05, 0) is 0 Å². The fourth-order valence-electron chi connectivity index (χ4n) is 7.17. The first-order chi connectivity index (χ1) is 26.9. The number of ether oxygens (including phenoxy) is 7. The van der Waals surface area contributed by atoms with Crippen molar-refractivity contribution in [3.8, 4) is 0 Å². The molecular weight excluding hydrogens is 776 g/mol. The van der Waals surface area contributed by atoms with Crippen molar-refractivity contribution in [1.29, 1.82) is 0 Å². The zero-order valence-electron chi connectivity index (χ0n) is 31.3. The van der Waals surface area contributed by atoms with Gasteiger partial charge >= 0.3 is 0 Å². The van der Waals surface area contributed by atoms with E-state index in [-0.39, 0.29) is 0 Å². The fraction of sp³-hybridized carbons (Fsp3) is 0.875. The highest BCUT2D eigenvalue weighted by Crippen LogP contribution is 2.34. The van der Waals surface area contributed by atoms with Crippen molar-refractivity contribution in [2.24, 2.45) is 0 Å². The molecule has 20 atom stereocenters. The summed E-state index contributed by atoms with van der Waals surface area (Å²) in [5.74, 6) is -2.84. The second-order valence-electron chi connectivity index (χ2n) is 14.1. The summed E-state index contributed by atoms with van der Waals surface area (Å²) >= 11 is 0. The maximum absolute atomic E-state index is 12.4. The van der Waals surface area contributed by atoms with E-state index in [0.29, 0.717) is 0 Å². The number of amides is 4. The summed E-state index contributed by atoms with van der Waals surface area (Å²) in [6.07, 6.45) is -26.9. The smallest absolute Gasteiger partial charge is 0.217 e. The molecule has 4 heterocycles. The van der Waals surface area contributed by atoms with Crippen LogP contribution in [0.1, 0.15) is 27.7 Å². The molecule has 0 radical (unpaired) electrons. The number of carbonyl (C=O) groups excluding carboxylic acids is 4. The third-order valence-corrected chi connectivity index (χ3v) is 9.81. The highest BCUT2D eigenvalue weighted by Gasteiger charge is 2.56. The Bertz CT molecular complexity index is 1370. The van der Waals surface area contributed by atoms with Gasteiger partial charge in [-0.25, -0.2) is 0 Å². The zero-order valence-corrected chi connectivity index (χ0v) is 31.3. The molecule has 4 rings (SSSR count). The van der Waals surface area contributed by atoms with Crippen LogP contribution in [0.3, 0.4) is 0 Å². The number of nitrogens with one attached hydrogen (secondary N) is 4. The highest BCUT2D eigenvalue weighted by molar-refractivity contribution is 5.74. The van der Waals surface area contributed by atoms with E-state index in [1.54, 1.807) is 0 Å². The average molecular weight is 831 g/mol. The van der Waals surface area contributed by atoms with Gasteiger partial charge in [0.2, 0.25) is 23.6 Å². The number of hydrogen-bond donors (Lipinski definition) is 14. The standard InChI is InChI=1S/C32H54N4O21/c1-9(41)33-17-23(47)26(14(6-38)51-29(17)50)55-31-19(35-11(3)43)25(49)28(16(8-40)53-31)57-32-20(36-12(4)44)24(48)27(15(7-39)54-32)56-30-18(34-10(2)42)22(46)21(45)13(5-37)52-30/h13-32,37-40,45-50H,5-8H2,1-4H3,(H,33,41)(H,34,42)(H,35,43)(H,36,44)/t13-,14-,15-,16-,17-,18-,19-,20-,21-,22-,23?,24?,25-,26-,27-,28-,29?,30-,31-,32+/m1/s1. The number of aliphatic hydroxyl groups is 10. The summed E-state index contributed by atoms with van der Waals surface area (Å²) in [4.78, 5) is 48.5. The third-order valence-electron chi connectivity index (χ3n) is 9.81. The molecular formula is C32H54N4O21. The second-order valence-corrected chi connectivity index (χ2v) is 14.1. The number of carbonyl (C=O) groups is 4. The number of aliphatic hydroxyl groups excluding tert-OH is 10. The Kier molecular flexibility index (Phi) is 16.8. The normalized spacial score (nSPS) is 43.8. The predicted octanol–water partition coefficient (Wildman–Crippen LogP) is -9.17. The molecule has 0 bridgehead atoms. The van der Waals surface area contributed by atoms with Gasteiger partial charge in [-0.2, -0.15) is 0 Å². The molecule has 0 spiro atoms. The molecule has 0 aromatic rings. The molecule has 4 aliphatic rings. The second kappa shape index (κ2) is 20.4. The molecule has 0 saturated carbocycles. The molecule has 4 amide bonds. The van der Waals surface area contributed by atoms with Crippen molar-refractivity contribution in [2.75, 3.05) is 26.4 Å². The van der Waals surface area contributed by atoms with Crippen molar-refractivity contribution < 1.29 is 103 Å².